The van der Waals surface area contributed by atoms with Crippen LogP contribution in [0.3, 0.4) is 0 Å². The van der Waals surface area contributed by atoms with Gasteiger partial charge >= 0.3 is 0 Å². The third-order valence-corrected chi connectivity index (χ3v) is 2.63. The van der Waals surface area contributed by atoms with Crippen molar-refractivity contribution in [3.8, 4) is 0 Å². The zero-order valence-corrected chi connectivity index (χ0v) is 8.61. The largest absolute Gasteiger partial charge is 0.374 e. The molecule has 0 aromatic heterocycles. The number of ether oxygens (including phenoxy) is 1. The minimum absolute atomic E-state index is 0. The van der Waals surface area contributed by atoms with Gasteiger partial charge in [-0.2, -0.15) is 0 Å². The standard InChI is InChI=1S/C12H16O.H3N/c1-2-6-11(7-3-1)10-13-12-8-4-5-9-12;/h1-3,6-7,12H,4-5,8-10H2;1H3. The molecule has 2 rings (SSSR count). The summed E-state index contributed by atoms with van der Waals surface area (Å²) in [6.45, 7) is 0.783. The van der Waals surface area contributed by atoms with Crippen molar-refractivity contribution < 1.29 is 4.74 Å². The third-order valence-electron chi connectivity index (χ3n) is 2.63. The van der Waals surface area contributed by atoms with Gasteiger partial charge in [-0.15, -0.1) is 0 Å². The quantitative estimate of drug-likeness (QED) is 0.800. The zero-order chi connectivity index (χ0) is 8.93. The fourth-order valence-electron chi connectivity index (χ4n) is 1.84. The Kier molecular flexibility index (Phi) is 4.63. The average Bonchev–Trinajstić information content (AvgIpc) is 2.69. The topological polar surface area (TPSA) is 44.2 Å². The van der Waals surface area contributed by atoms with E-state index in [1.165, 1.54) is 31.2 Å². The highest BCUT2D eigenvalue weighted by atomic mass is 16.5. The molecule has 1 aromatic rings. The van der Waals surface area contributed by atoms with Crippen LogP contribution in [0.2, 0.25) is 0 Å². The van der Waals surface area contributed by atoms with Gasteiger partial charge in [0.1, 0.15) is 0 Å². The van der Waals surface area contributed by atoms with Gasteiger partial charge in [0.2, 0.25) is 0 Å². The van der Waals surface area contributed by atoms with Gasteiger partial charge in [-0.3, -0.25) is 0 Å². The van der Waals surface area contributed by atoms with Crippen LogP contribution in [0.4, 0.5) is 0 Å². The predicted octanol–water partition coefficient (Wildman–Crippen LogP) is 3.31. The van der Waals surface area contributed by atoms with Crippen molar-refractivity contribution in [1.29, 1.82) is 0 Å². The van der Waals surface area contributed by atoms with Crippen molar-refractivity contribution in [2.24, 2.45) is 0 Å². The predicted molar refractivity (Wildman–Crippen MR) is 58.5 cm³/mol. The van der Waals surface area contributed by atoms with E-state index in [4.69, 9.17) is 4.74 Å². The Morgan fingerprint density at radius 1 is 1.07 bits per heavy atom. The van der Waals surface area contributed by atoms with Crippen LogP contribution >= 0.6 is 0 Å². The Balaban J connectivity index is 0.000000980. The molecule has 0 aliphatic heterocycles. The van der Waals surface area contributed by atoms with E-state index in [1.807, 2.05) is 6.07 Å². The van der Waals surface area contributed by atoms with Crippen LogP contribution in [-0.4, -0.2) is 6.10 Å². The van der Waals surface area contributed by atoms with Crippen molar-refractivity contribution in [3.63, 3.8) is 0 Å². The second-order valence-electron chi connectivity index (χ2n) is 3.70. The lowest BCUT2D eigenvalue weighted by molar-refractivity contribution is 0.0457. The van der Waals surface area contributed by atoms with Gasteiger partial charge in [0.15, 0.2) is 0 Å². The Labute approximate surface area is 85.9 Å². The molecule has 2 nitrogen and oxygen atoms in total. The SMILES string of the molecule is N.c1ccc(COC2CCCC2)cc1. The maximum Gasteiger partial charge on any atom is 0.0720 e. The molecule has 1 saturated carbocycles. The minimum atomic E-state index is 0. The van der Waals surface area contributed by atoms with E-state index < -0.39 is 0 Å². The molecule has 1 fully saturated rings. The van der Waals surface area contributed by atoms with Crippen molar-refractivity contribution in [3.05, 3.63) is 35.9 Å². The molecule has 0 atom stereocenters. The summed E-state index contributed by atoms with van der Waals surface area (Å²) < 4.78 is 5.79. The molecule has 2 heteroatoms. The molecule has 14 heavy (non-hydrogen) atoms. The summed E-state index contributed by atoms with van der Waals surface area (Å²) >= 11 is 0. The van der Waals surface area contributed by atoms with Crippen LogP contribution < -0.4 is 6.15 Å². The Hall–Kier alpha value is -0.860. The third kappa shape index (κ3) is 3.13. The number of benzene rings is 1. The number of hydrogen-bond donors (Lipinski definition) is 1. The van der Waals surface area contributed by atoms with Crippen LogP contribution in [0.5, 0.6) is 0 Å². The fraction of sp³-hybridized carbons (Fsp3) is 0.500. The summed E-state index contributed by atoms with van der Waals surface area (Å²) in [5.74, 6) is 0. The number of hydrogen-bond acceptors (Lipinski definition) is 2. The smallest absolute Gasteiger partial charge is 0.0720 e. The van der Waals surface area contributed by atoms with Gasteiger partial charge in [-0.1, -0.05) is 43.2 Å². The summed E-state index contributed by atoms with van der Waals surface area (Å²) in [6.07, 6.45) is 5.73. The van der Waals surface area contributed by atoms with E-state index in [2.05, 4.69) is 24.3 Å². The van der Waals surface area contributed by atoms with Crippen LogP contribution in [-0.2, 0) is 11.3 Å². The Morgan fingerprint density at radius 3 is 2.36 bits per heavy atom. The molecule has 1 aliphatic carbocycles. The monoisotopic (exact) mass is 193 g/mol. The first-order chi connectivity index (χ1) is 6.45. The Morgan fingerprint density at radius 2 is 1.71 bits per heavy atom. The molecule has 3 N–H and O–H groups in total. The summed E-state index contributed by atoms with van der Waals surface area (Å²) in [4.78, 5) is 0. The molecule has 0 unspecified atom stereocenters. The maximum absolute atomic E-state index is 5.79. The van der Waals surface area contributed by atoms with Gasteiger partial charge in [-0.05, 0) is 18.4 Å². The molecule has 0 radical (unpaired) electrons. The molecule has 0 amide bonds. The maximum atomic E-state index is 5.79. The molecule has 0 heterocycles. The summed E-state index contributed by atoms with van der Waals surface area (Å²) in [7, 11) is 0. The van der Waals surface area contributed by atoms with E-state index in [-0.39, 0.29) is 6.15 Å². The van der Waals surface area contributed by atoms with Gasteiger partial charge in [-0.25, -0.2) is 0 Å². The van der Waals surface area contributed by atoms with Gasteiger partial charge in [0, 0.05) is 0 Å². The van der Waals surface area contributed by atoms with Crippen molar-refractivity contribution in [2.75, 3.05) is 0 Å². The van der Waals surface area contributed by atoms with E-state index in [0.29, 0.717) is 6.10 Å². The molecular weight excluding hydrogens is 174 g/mol. The Bertz CT molecular complexity index is 242. The van der Waals surface area contributed by atoms with Crippen molar-refractivity contribution in [1.82, 2.24) is 6.15 Å². The molecule has 78 valence electrons. The second-order valence-corrected chi connectivity index (χ2v) is 3.70. The van der Waals surface area contributed by atoms with E-state index in [1.54, 1.807) is 0 Å². The second kappa shape index (κ2) is 5.78. The lowest BCUT2D eigenvalue weighted by atomic mass is 10.2. The highest BCUT2D eigenvalue weighted by molar-refractivity contribution is 5.13. The van der Waals surface area contributed by atoms with Crippen LogP contribution in [0.25, 0.3) is 0 Å². The first kappa shape index (κ1) is 11.2. The van der Waals surface area contributed by atoms with Crippen LogP contribution in [0, 0.1) is 0 Å². The van der Waals surface area contributed by atoms with Gasteiger partial charge in [0.05, 0.1) is 12.7 Å². The highest BCUT2D eigenvalue weighted by Crippen LogP contribution is 2.21. The van der Waals surface area contributed by atoms with Crippen LogP contribution in [0.1, 0.15) is 31.2 Å². The van der Waals surface area contributed by atoms with E-state index in [9.17, 15) is 0 Å². The molecule has 0 bridgehead atoms. The summed E-state index contributed by atoms with van der Waals surface area (Å²) in [5.41, 5.74) is 1.29. The highest BCUT2D eigenvalue weighted by Gasteiger charge is 2.14. The van der Waals surface area contributed by atoms with Gasteiger partial charge < -0.3 is 10.9 Å². The lowest BCUT2D eigenvalue weighted by Crippen LogP contribution is -2.06. The first-order valence-electron chi connectivity index (χ1n) is 5.11. The summed E-state index contributed by atoms with van der Waals surface area (Å²) in [5, 5.41) is 0. The number of rotatable bonds is 3. The fourth-order valence-corrected chi connectivity index (χ4v) is 1.84. The molecule has 1 aliphatic rings. The van der Waals surface area contributed by atoms with E-state index in [0.717, 1.165) is 6.61 Å². The van der Waals surface area contributed by atoms with Gasteiger partial charge in [0.25, 0.3) is 0 Å². The van der Waals surface area contributed by atoms with Crippen molar-refractivity contribution in [2.45, 2.75) is 38.4 Å². The molecule has 0 saturated heterocycles. The van der Waals surface area contributed by atoms with E-state index >= 15 is 0 Å². The molecule has 0 spiro atoms. The summed E-state index contributed by atoms with van der Waals surface area (Å²) in [6, 6.07) is 10.4. The first-order valence-corrected chi connectivity index (χ1v) is 5.11. The normalized spacial score (nSPS) is 16.6. The molecular formula is C12H19NO. The van der Waals surface area contributed by atoms with Crippen LogP contribution in [0.15, 0.2) is 30.3 Å². The minimum Gasteiger partial charge on any atom is -0.374 e. The zero-order valence-electron chi connectivity index (χ0n) is 8.61. The van der Waals surface area contributed by atoms with Crippen molar-refractivity contribution >= 4 is 0 Å². The average molecular weight is 193 g/mol. The lowest BCUT2D eigenvalue weighted by Gasteiger charge is -2.10. The molecule has 1 aromatic carbocycles.